The monoisotopic (exact) mass is 487 g/mol. The Morgan fingerprint density at radius 3 is 2.43 bits per heavy atom. The van der Waals surface area contributed by atoms with Crippen LogP contribution in [0.4, 0.5) is 20.3 Å². The third-order valence-corrected chi connectivity index (χ3v) is 6.91. The van der Waals surface area contributed by atoms with Gasteiger partial charge < -0.3 is 15.5 Å². The van der Waals surface area contributed by atoms with Crippen LogP contribution in [-0.2, 0) is 19.4 Å². The Bertz CT molecular complexity index is 992. The fourth-order valence-electron chi connectivity index (χ4n) is 5.35. The van der Waals surface area contributed by atoms with Crippen molar-refractivity contribution in [2.45, 2.75) is 85.7 Å². The highest BCUT2D eigenvalue weighted by molar-refractivity contribution is 5.75. The number of rotatable bonds is 4. The van der Waals surface area contributed by atoms with Gasteiger partial charge in [-0.15, -0.1) is 0 Å². The van der Waals surface area contributed by atoms with E-state index in [1.54, 1.807) is 13.0 Å². The summed E-state index contributed by atoms with van der Waals surface area (Å²) in [5.74, 6) is 0.949. The van der Waals surface area contributed by atoms with E-state index in [-0.39, 0.29) is 5.56 Å². The predicted octanol–water partition coefficient (Wildman–Crippen LogP) is 6.56. The minimum absolute atomic E-state index is 0.0722. The molecule has 5 rings (SSSR count). The molecule has 4 heterocycles. The maximum absolute atomic E-state index is 13.9. The second-order valence-electron chi connectivity index (χ2n) is 9.01. The van der Waals surface area contributed by atoms with Crippen LogP contribution in [0.3, 0.4) is 0 Å². The molecule has 0 bridgehead atoms. The maximum Gasteiger partial charge on any atom is 0.264 e. The molecule has 0 saturated carbocycles. The average Bonchev–Trinajstić information content (AvgIpc) is 3.30. The van der Waals surface area contributed by atoms with Gasteiger partial charge in [-0.05, 0) is 69.0 Å². The van der Waals surface area contributed by atoms with Gasteiger partial charge in [-0.2, -0.15) is 5.10 Å². The van der Waals surface area contributed by atoms with E-state index in [1.807, 2.05) is 33.8 Å². The predicted molar refractivity (Wildman–Crippen MR) is 143 cm³/mol. The van der Waals surface area contributed by atoms with Crippen LogP contribution in [-0.4, -0.2) is 36.0 Å². The number of anilines is 2. The minimum Gasteiger partial charge on any atom is -0.324 e. The molecule has 5 nitrogen and oxygen atoms in total. The van der Waals surface area contributed by atoms with Crippen molar-refractivity contribution in [3.8, 4) is 0 Å². The molecular weight excluding hydrogens is 444 g/mol. The van der Waals surface area contributed by atoms with Crippen LogP contribution < -0.4 is 15.5 Å². The number of halogens is 2. The van der Waals surface area contributed by atoms with Gasteiger partial charge in [0.1, 0.15) is 0 Å². The van der Waals surface area contributed by atoms with E-state index in [9.17, 15) is 8.78 Å². The number of alkyl halides is 2. The molecule has 0 unspecified atom stereocenters. The molecule has 194 valence electrons. The number of nitrogens with zero attached hydrogens (tertiary/aromatic N) is 3. The lowest BCUT2D eigenvalue weighted by Crippen LogP contribution is -2.32. The zero-order valence-corrected chi connectivity index (χ0v) is 22.2. The first-order chi connectivity index (χ1) is 17.0. The summed E-state index contributed by atoms with van der Waals surface area (Å²) in [4.78, 5) is 2.19. The van der Waals surface area contributed by atoms with Crippen molar-refractivity contribution < 1.29 is 8.78 Å². The first-order valence-corrected chi connectivity index (χ1v) is 13.4. The van der Waals surface area contributed by atoms with E-state index in [1.165, 1.54) is 11.3 Å². The van der Waals surface area contributed by atoms with Gasteiger partial charge >= 0.3 is 0 Å². The minimum atomic E-state index is -2.52. The number of aryl methyl sites for hydroxylation is 1. The van der Waals surface area contributed by atoms with E-state index in [0.717, 1.165) is 81.9 Å². The molecule has 1 aromatic heterocycles. The molecule has 2 N–H and O–H groups in total. The number of piperidine rings is 1. The summed E-state index contributed by atoms with van der Waals surface area (Å²) >= 11 is 0. The third-order valence-electron chi connectivity index (χ3n) is 6.91. The van der Waals surface area contributed by atoms with Crippen LogP contribution in [0.5, 0.6) is 0 Å². The summed E-state index contributed by atoms with van der Waals surface area (Å²) in [6.07, 6.45) is 2.47. The number of aromatic nitrogens is 2. The molecule has 0 spiro atoms. The molecule has 0 aliphatic carbocycles. The summed E-state index contributed by atoms with van der Waals surface area (Å²) in [6.45, 7) is 18.3. The number of hydrogen-bond donors (Lipinski definition) is 2. The quantitative estimate of drug-likeness (QED) is 0.513. The third kappa shape index (κ3) is 5.61. The van der Waals surface area contributed by atoms with Gasteiger partial charge in [-0.1, -0.05) is 39.8 Å². The molecule has 1 aromatic carbocycles. The summed E-state index contributed by atoms with van der Waals surface area (Å²) in [6, 6.07) is 4.03. The van der Waals surface area contributed by atoms with Crippen LogP contribution in [0, 0.1) is 0 Å². The van der Waals surface area contributed by atoms with E-state index in [0.29, 0.717) is 17.2 Å². The van der Waals surface area contributed by atoms with Crippen molar-refractivity contribution in [3.63, 3.8) is 0 Å². The van der Waals surface area contributed by atoms with Gasteiger partial charge in [0.15, 0.2) is 5.82 Å². The van der Waals surface area contributed by atoms with Gasteiger partial charge in [0, 0.05) is 48.6 Å². The van der Waals surface area contributed by atoms with Crippen LogP contribution in [0.25, 0.3) is 5.57 Å². The Morgan fingerprint density at radius 1 is 1.06 bits per heavy atom. The SMILES string of the molecule is C=C(C)c1cc2c(cc1C(F)F)N(c1nn(C3CCNCC3)c3c1CNCC3)CCC2.CC.CC. The number of allylic oxidation sites excluding steroid dienone is 1. The Hall–Kier alpha value is -2.25. The average molecular weight is 488 g/mol. The summed E-state index contributed by atoms with van der Waals surface area (Å²) in [5, 5.41) is 12.1. The zero-order valence-electron chi connectivity index (χ0n) is 22.2. The normalized spacial score (nSPS) is 17.5. The van der Waals surface area contributed by atoms with Gasteiger partial charge in [-0.25, -0.2) is 8.78 Å². The van der Waals surface area contributed by atoms with Gasteiger partial charge in [-0.3, -0.25) is 4.68 Å². The molecule has 3 aliphatic heterocycles. The zero-order chi connectivity index (χ0) is 25.5. The Balaban J connectivity index is 0.000000815. The van der Waals surface area contributed by atoms with Crippen molar-refractivity contribution in [1.29, 1.82) is 0 Å². The van der Waals surface area contributed by atoms with Crippen molar-refractivity contribution in [2.75, 3.05) is 31.1 Å². The van der Waals surface area contributed by atoms with Crippen LogP contribution in [0.15, 0.2) is 18.7 Å². The van der Waals surface area contributed by atoms with Crippen molar-refractivity contribution in [1.82, 2.24) is 20.4 Å². The smallest absolute Gasteiger partial charge is 0.264 e. The van der Waals surface area contributed by atoms with Crippen molar-refractivity contribution in [2.24, 2.45) is 0 Å². The molecule has 2 aromatic rings. The Morgan fingerprint density at radius 2 is 1.77 bits per heavy atom. The molecule has 35 heavy (non-hydrogen) atoms. The standard InChI is InChI=1S/C24H31F2N5.2C2H6/c1-15(2)18-12-16-4-3-11-30(22(16)13-19(18)23(25)26)24-20-14-28-10-7-21(20)31(29-24)17-5-8-27-9-6-17;2*1-2/h12-13,17,23,27-28H,1,3-11,14H2,2H3;2*1-2H3. The second-order valence-corrected chi connectivity index (χ2v) is 9.01. The van der Waals surface area contributed by atoms with Crippen LogP contribution in [0.2, 0.25) is 0 Å². The molecular formula is C28H43F2N5. The Labute approximate surface area is 210 Å². The molecule has 0 amide bonds. The van der Waals surface area contributed by atoms with Crippen molar-refractivity contribution >= 4 is 17.1 Å². The summed E-state index contributed by atoms with van der Waals surface area (Å²) < 4.78 is 30.1. The largest absolute Gasteiger partial charge is 0.324 e. The lowest BCUT2D eigenvalue weighted by atomic mass is 9.92. The molecule has 7 heteroatoms. The van der Waals surface area contributed by atoms with Gasteiger partial charge in [0.05, 0.1) is 6.04 Å². The topological polar surface area (TPSA) is 45.1 Å². The van der Waals surface area contributed by atoms with Crippen LogP contribution in [0.1, 0.15) is 94.3 Å². The Kier molecular flexibility index (Phi) is 9.87. The fourth-order valence-corrected chi connectivity index (χ4v) is 5.35. The number of benzene rings is 1. The first kappa shape index (κ1) is 27.3. The lowest BCUT2D eigenvalue weighted by Gasteiger charge is -2.32. The van der Waals surface area contributed by atoms with E-state index in [2.05, 4.69) is 26.8 Å². The highest BCUT2D eigenvalue weighted by Crippen LogP contribution is 2.41. The van der Waals surface area contributed by atoms with E-state index < -0.39 is 6.43 Å². The lowest BCUT2D eigenvalue weighted by molar-refractivity contribution is 0.151. The number of fused-ring (bicyclic) bond motifs is 2. The number of nitrogens with one attached hydrogen (secondary N) is 2. The second kappa shape index (κ2) is 12.6. The highest BCUT2D eigenvalue weighted by atomic mass is 19.3. The molecule has 3 aliphatic rings. The molecule has 1 saturated heterocycles. The van der Waals surface area contributed by atoms with E-state index >= 15 is 0 Å². The van der Waals surface area contributed by atoms with E-state index in [4.69, 9.17) is 5.10 Å². The molecule has 1 fully saturated rings. The molecule has 0 radical (unpaired) electrons. The highest BCUT2D eigenvalue weighted by Gasteiger charge is 2.31. The molecule has 0 atom stereocenters. The summed E-state index contributed by atoms with van der Waals surface area (Å²) in [7, 11) is 0. The number of hydrogen-bond acceptors (Lipinski definition) is 4. The summed E-state index contributed by atoms with van der Waals surface area (Å²) in [5.41, 5.74) is 5.90. The van der Waals surface area contributed by atoms with Crippen LogP contribution >= 0.6 is 0 Å². The van der Waals surface area contributed by atoms with Crippen molar-refractivity contribution in [3.05, 3.63) is 46.7 Å². The fraction of sp³-hybridized carbons (Fsp3) is 0.607. The maximum atomic E-state index is 13.9. The van der Waals surface area contributed by atoms with Gasteiger partial charge in [0.2, 0.25) is 0 Å². The first-order valence-electron chi connectivity index (χ1n) is 13.4. The van der Waals surface area contributed by atoms with Gasteiger partial charge in [0.25, 0.3) is 6.43 Å².